The fraction of sp³-hybridized carbons (Fsp3) is 0.538. The highest BCUT2D eigenvalue weighted by Gasteiger charge is 2.34. The summed E-state index contributed by atoms with van der Waals surface area (Å²) < 4.78 is 14.7. The highest BCUT2D eigenvalue weighted by atomic mass is 16.5. The second-order valence-electron chi connectivity index (χ2n) is 4.60. The average Bonchev–Trinajstić information content (AvgIpc) is 2.76. The van der Waals surface area contributed by atoms with Gasteiger partial charge in [0.05, 0.1) is 12.2 Å². The van der Waals surface area contributed by atoms with E-state index in [0.717, 1.165) is 0 Å². The van der Waals surface area contributed by atoms with E-state index in [2.05, 4.69) is 11.6 Å². The Labute approximate surface area is 111 Å². The molecule has 0 saturated carbocycles. The topological polar surface area (TPSA) is 84.3 Å². The van der Waals surface area contributed by atoms with E-state index in [-0.39, 0.29) is 6.42 Å². The van der Waals surface area contributed by atoms with Crippen LogP contribution in [-0.2, 0) is 4.74 Å². The van der Waals surface area contributed by atoms with Crippen molar-refractivity contribution in [2.45, 2.75) is 44.6 Å². The van der Waals surface area contributed by atoms with Crippen LogP contribution in [0.25, 0.3) is 0 Å². The van der Waals surface area contributed by atoms with E-state index in [0.29, 0.717) is 12.0 Å². The molecular formula is C13H18N2O4. The first-order valence-electron chi connectivity index (χ1n) is 6.70. The number of hydrogen-bond donors (Lipinski definition) is 2. The van der Waals surface area contributed by atoms with Gasteiger partial charge in [0.25, 0.3) is 5.56 Å². The minimum absolute atomic E-state index is 0.211. The van der Waals surface area contributed by atoms with Crippen LogP contribution < -0.4 is 11.2 Å². The summed E-state index contributed by atoms with van der Waals surface area (Å²) in [5.74, 6) is 0. The summed E-state index contributed by atoms with van der Waals surface area (Å²) in [4.78, 5) is 25.3. The molecule has 1 aromatic rings. The van der Waals surface area contributed by atoms with E-state index in [9.17, 15) is 14.7 Å². The second kappa shape index (κ2) is 5.54. The fourth-order valence-corrected chi connectivity index (χ4v) is 2.09. The summed E-state index contributed by atoms with van der Waals surface area (Å²) in [6.45, 7) is 5.14. The number of aryl methyl sites for hydroxylation is 1. The average molecular weight is 267 g/mol. The van der Waals surface area contributed by atoms with Crippen molar-refractivity contribution in [2.24, 2.45) is 0 Å². The molecule has 0 amide bonds. The number of rotatable bonds is 4. The van der Waals surface area contributed by atoms with Gasteiger partial charge in [0.2, 0.25) is 0 Å². The van der Waals surface area contributed by atoms with Gasteiger partial charge in [-0.05, 0) is 19.7 Å². The molecule has 1 aliphatic heterocycles. The lowest BCUT2D eigenvalue weighted by Gasteiger charge is -2.15. The van der Waals surface area contributed by atoms with Crippen LogP contribution in [-0.4, -0.2) is 26.9 Å². The van der Waals surface area contributed by atoms with Crippen LogP contribution in [0, 0.1) is 6.92 Å². The molecule has 0 spiro atoms. The smallest absolute Gasteiger partial charge is 0.330 e. The summed E-state index contributed by atoms with van der Waals surface area (Å²) in [5, 5.41) is 9.97. The Morgan fingerprint density at radius 1 is 1.74 bits per heavy atom. The number of aliphatic hydroxyl groups excluding tert-OH is 1. The number of hydrogen-bond acceptors (Lipinski definition) is 4. The zero-order valence-corrected chi connectivity index (χ0v) is 10.7. The lowest BCUT2D eigenvalue weighted by molar-refractivity contribution is -0.0237. The van der Waals surface area contributed by atoms with Gasteiger partial charge in [0.15, 0.2) is 0 Å². The number of H-pyrrole nitrogens is 1. The van der Waals surface area contributed by atoms with Crippen molar-refractivity contribution in [3.05, 3.63) is 45.3 Å². The molecule has 6 nitrogen and oxygen atoms in total. The molecule has 1 saturated heterocycles. The number of allylic oxidation sites excluding steroid dienone is 1. The van der Waals surface area contributed by atoms with E-state index in [1.165, 1.54) is 10.8 Å². The summed E-state index contributed by atoms with van der Waals surface area (Å²) >= 11 is 0. The van der Waals surface area contributed by atoms with Crippen molar-refractivity contribution < 1.29 is 11.2 Å². The molecule has 0 aromatic carbocycles. The van der Waals surface area contributed by atoms with Crippen LogP contribution in [0.4, 0.5) is 0 Å². The minimum Gasteiger partial charge on any atom is -0.390 e. The van der Waals surface area contributed by atoms with Crippen molar-refractivity contribution >= 4 is 0 Å². The highest BCUT2D eigenvalue weighted by molar-refractivity contribution is 5.02. The Bertz CT molecular complexity index is 609. The van der Waals surface area contributed by atoms with Crippen molar-refractivity contribution in [1.29, 1.82) is 0 Å². The minimum atomic E-state index is -0.818. The Balaban J connectivity index is 2.24. The third-order valence-electron chi connectivity index (χ3n) is 3.13. The molecule has 4 atom stereocenters. The van der Waals surface area contributed by atoms with Gasteiger partial charge in [0.1, 0.15) is 6.23 Å². The highest BCUT2D eigenvalue weighted by Crippen LogP contribution is 2.29. The van der Waals surface area contributed by atoms with Gasteiger partial charge < -0.3 is 9.84 Å². The Morgan fingerprint density at radius 2 is 2.47 bits per heavy atom. The van der Waals surface area contributed by atoms with Crippen LogP contribution in [0.2, 0.25) is 0 Å². The Hall–Kier alpha value is -1.66. The number of ether oxygens (including phenoxy) is 1. The third-order valence-corrected chi connectivity index (χ3v) is 3.13. The molecule has 1 fully saturated rings. The predicted octanol–water partition coefficient (Wildman–Crippen LogP) is 0.460. The van der Waals surface area contributed by atoms with Crippen molar-refractivity contribution in [2.75, 3.05) is 0 Å². The largest absolute Gasteiger partial charge is 0.390 e. The van der Waals surface area contributed by atoms with Crippen LogP contribution >= 0.6 is 0 Å². The normalized spacial score (nSPS) is 28.9. The molecule has 0 aliphatic carbocycles. The molecule has 19 heavy (non-hydrogen) atoms. The molecule has 104 valence electrons. The number of aliphatic hydroxyl groups is 1. The van der Waals surface area contributed by atoms with Gasteiger partial charge in [-0.1, -0.05) is 6.08 Å². The molecule has 1 aliphatic rings. The van der Waals surface area contributed by atoms with E-state index >= 15 is 0 Å². The first-order valence-corrected chi connectivity index (χ1v) is 6.12. The van der Waals surface area contributed by atoms with Crippen molar-refractivity contribution in [3.8, 4) is 0 Å². The van der Waals surface area contributed by atoms with E-state index in [4.69, 9.17) is 6.11 Å². The van der Waals surface area contributed by atoms with Crippen LogP contribution in [0.5, 0.6) is 0 Å². The number of nitrogens with zero attached hydrogens (tertiary/aromatic N) is 1. The Morgan fingerprint density at radius 3 is 3.16 bits per heavy atom. The molecule has 2 rings (SSSR count). The fourth-order valence-electron chi connectivity index (χ4n) is 2.09. The zero-order valence-electron chi connectivity index (χ0n) is 11.7. The predicted molar refractivity (Wildman–Crippen MR) is 70.0 cm³/mol. The first kappa shape index (κ1) is 12.4. The van der Waals surface area contributed by atoms with Crippen molar-refractivity contribution in [3.63, 3.8) is 0 Å². The molecule has 0 radical (unpaired) electrons. The summed E-state index contributed by atoms with van der Waals surface area (Å²) in [6, 6.07) is 0. The standard InChI is InChI=1S/C13H18N2O4/c1-3-4-5-10-9(16)6-11(19-10)15-7-8(2)12(17)14-13(15)18/h3,7,9-11,16H,1,4-6H2,2H3,(H,14,17,18)/t9-,10+,11+/m0/s1/i5D/t5-,9-,10+,11+. The van der Waals surface area contributed by atoms with E-state index in [1.54, 1.807) is 13.0 Å². The number of aromatic amines is 1. The van der Waals surface area contributed by atoms with E-state index in [1.807, 2.05) is 0 Å². The van der Waals surface area contributed by atoms with Crippen LogP contribution in [0.1, 0.15) is 32.4 Å². The lowest BCUT2D eigenvalue weighted by atomic mass is 10.1. The van der Waals surface area contributed by atoms with Gasteiger partial charge in [0, 0.05) is 19.6 Å². The molecule has 0 bridgehead atoms. The van der Waals surface area contributed by atoms with Gasteiger partial charge in [-0.3, -0.25) is 14.3 Å². The van der Waals surface area contributed by atoms with Crippen molar-refractivity contribution in [1.82, 2.24) is 9.55 Å². The summed E-state index contributed by atoms with van der Waals surface area (Å²) in [5.41, 5.74) is -0.630. The summed E-state index contributed by atoms with van der Waals surface area (Å²) in [6.07, 6.45) is 0.822. The summed E-state index contributed by atoms with van der Waals surface area (Å²) in [7, 11) is 0. The maximum Gasteiger partial charge on any atom is 0.330 e. The number of aromatic nitrogens is 2. The van der Waals surface area contributed by atoms with Gasteiger partial charge in [-0.2, -0.15) is 0 Å². The van der Waals surface area contributed by atoms with Gasteiger partial charge >= 0.3 is 5.69 Å². The number of nitrogens with one attached hydrogen (secondary N) is 1. The molecule has 0 unspecified atom stereocenters. The Kier molecular flexibility index (Phi) is 3.61. The monoisotopic (exact) mass is 267 g/mol. The molecule has 6 heteroatoms. The van der Waals surface area contributed by atoms with Gasteiger partial charge in [-0.25, -0.2) is 4.79 Å². The first-order chi connectivity index (χ1) is 9.43. The van der Waals surface area contributed by atoms with Crippen LogP contribution in [0.3, 0.4) is 0 Å². The maximum atomic E-state index is 11.8. The SMILES string of the molecule is [2H][C@@H](CC=C)[C@H]1O[C@@H](n2cc(C)c(=O)[nH]c2=O)C[C@@H]1O. The van der Waals surface area contributed by atoms with Gasteiger partial charge in [-0.15, -0.1) is 6.58 Å². The zero-order chi connectivity index (χ0) is 14.9. The van der Waals surface area contributed by atoms with Crippen LogP contribution in [0.15, 0.2) is 28.4 Å². The maximum absolute atomic E-state index is 11.8. The molecule has 2 heterocycles. The second-order valence-corrected chi connectivity index (χ2v) is 4.60. The van der Waals surface area contributed by atoms with E-state index < -0.39 is 36.1 Å². The quantitative estimate of drug-likeness (QED) is 0.776. The lowest BCUT2D eigenvalue weighted by Crippen LogP contribution is -2.33. The third kappa shape index (κ3) is 2.85. The molecular weight excluding hydrogens is 248 g/mol. The molecule has 1 aromatic heterocycles. The molecule has 2 N–H and O–H groups in total.